The van der Waals surface area contributed by atoms with Gasteiger partial charge in [0.05, 0.1) is 5.02 Å². The maximum absolute atomic E-state index is 6.18. The average molecular weight is 288 g/mol. The van der Waals surface area contributed by atoms with Crippen LogP contribution in [-0.4, -0.2) is 19.2 Å². The molecule has 1 unspecified atom stereocenters. The molecule has 0 radical (unpaired) electrons. The van der Waals surface area contributed by atoms with Crippen LogP contribution in [0.5, 0.6) is 5.75 Å². The van der Waals surface area contributed by atoms with Crippen molar-refractivity contribution < 1.29 is 4.74 Å². The zero-order valence-electron chi connectivity index (χ0n) is 10.7. The molecule has 2 rings (SSSR count). The van der Waals surface area contributed by atoms with Gasteiger partial charge >= 0.3 is 0 Å². The third-order valence-electron chi connectivity index (χ3n) is 3.40. The lowest BCUT2D eigenvalue weighted by Gasteiger charge is -2.28. The van der Waals surface area contributed by atoms with Crippen LogP contribution in [0.1, 0.15) is 20.3 Å². The SMILES string of the molecule is CC(C)[C@@H](Oc1cccc(Cl)c1Cl)C1CCNC1. The zero-order chi connectivity index (χ0) is 13.1. The first-order valence-corrected chi connectivity index (χ1v) is 7.16. The second-order valence-electron chi connectivity index (χ2n) is 5.13. The number of halogens is 2. The van der Waals surface area contributed by atoms with Crippen LogP contribution in [0.2, 0.25) is 10.0 Å². The Labute approximate surface area is 119 Å². The normalized spacial score (nSPS) is 21.3. The Morgan fingerprint density at radius 2 is 2.11 bits per heavy atom. The standard InChI is InChI=1S/C14H19Cl2NO/c1-9(2)14(10-6-7-17-8-10)18-12-5-3-4-11(15)13(12)16/h3-5,9-10,14,17H,6-8H2,1-2H3/t10?,14-/m1/s1. The van der Waals surface area contributed by atoms with Crippen LogP contribution < -0.4 is 10.1 Å². The topological polar surface area (TPSA) is 21.3 Å². The Morgan fingerprint density at radius 3 is 2.72 bits per heavy atom. The highest BCUT2D eigenvalue weighted by Crippen LogP contribution is 2.34. The predicted octanol–water partition coefficient (Wildman–Crippen LogP) is 4.01. The fourth-order valence-corrected chi connectivity index (χ4v) is 2.79. The minimum Gasteiger partial charge on any atom is -0.488 e. The van der Waals surface area contributed by atoms with Crippen molar-refractivity contribution in [2.24, 2.45) is 11.8 Å². The molecule has 0 aromatic heterocycles. The molecule has 1 N–H and O–H groups in total. The summed E-state index contributed by atoms with van der Waals surface area (Å²) >= 11 is 12.2. The van der Waals surface area contributed by atoms with Gasteiger partial charge < -0.3 is 10.1 Å². The number of nitrogens with one attached hydrogen (secondary N) is 1. The van der Waals surface area contributed by atoms with Crippen LogP contribution in [0, 0.1) is 11.8 Å². The van der Waals surface area contributed by atoms with Crippen molar-refractivity contribution in [2.75, 3.05) is 13.1 Å². The summed E-state index contributed by atoms with van der Waals surface area (Å²) in [5, 5.41) is 4.43. The molecule has 0 aliphatic carbocycles. The van der Waals surface area contributed by atoms with E-state index in [0.29, 0.717) is 27.6 Å². The molecule has 2 atom stereocenters. The largest absolute Gasteiger partial charge is 0.488 e. The van der Waals surface area contributed by atoms with Gasteiger partial charge in [0.1, 0.15) is 16.9 Å². The molecule has 100 valence electrons. The highest BCUT2D eigenvalue weighted by atomic mass is 35.5. The van der Waals surface area contributed by atoms with Gasteiger partial charge in [-0.1, -0.05) is 43.1 Å². The first-order chi connectivity index (χ1) is 8.59. The van der Waals surface area contributed by atoms with Crippen molar-refractivity contribution in [2.45, 2.75) is 26.4 Å². The van der Waals surface area contributed by atoms with Crippen molar-refractivity contribution >= 4 is 23.2 Å². The molecule has 1 aromatic carbocycles. The van der Waals surface area contributed by atoms with E-state index in [9.17, 15) is 0 Å². The van der Waals surface area contributed by atoms with E-state index in [1.54, 1.807) is 6.07 Å². The molecule has 2 nitrogen and oxygen atoms in total. The fourth-order valence-electron chi connectivity index (χ4n) is 2.46. The van der Waals surface area contributed by atoms with E-state index >= 15 is 0 Å². The van der Waals surface area contributed by atoms with Crippen LogP contribution in [-0.2, 0) is 0 Å². The first-order valence-electron chi connectivity index (χ1n) is 6.41. The summed E-state index contributed by atoms with van der Waals surface area (Å²) < 4.78 is 6.12. The summed E-state index contributed by atoms with van der Waals surface area (Å²) in [4.78, 5) is 0. The average Bonchev–Trinajstić information content (AvgIpc) is 2.84. The predicted molar refractivity (Wildman–Crippen MR) is 76.7 cm³/mol. The maximum Gasteiger partial charge on any atom is 0.139 e. The minimum atomic E-state index is 0.177. The third kappa shape index (κ3) is 3.11. The number of hydrogen-bond donors (Lipinski definition) is 1. The molecule has 0 spiro atoms. The highest BCUT2D eigenvalue weighted by molar-refractivity contribution is 6.42. The van der Waals surface area contributed by atoms with Gasteiger partial charge in [-0.2, -0.15) is 0 Å². The number of ether oxygens (including phenoxy) is 1. The van der Waals surface area contributed by atoms with Crippen LogP contribution in [0.4, 0.5) is 0 Å². The maximum atomic E-state index is 6.18. The molecule has 1 fully saturated rings. The van der Waals surface area contributed by atoms with Gasteiger partial charge in [0, 0.05) is 12.5 Å². The molecular formula is C14H19Cl2NO. The molecule has 1 aromatic rings. The monoisotopic (exact) mass is 287 g/mol. The summed E-state index contributed by atoms with van der Waals surface area (Å²) in [5.41, 5.74) is 0. The van der Waals surface area contributed by atoms with E-state index < -0.39 is 0 Å². The first kappa shape index (κ1) is 14.0. The van der Waals surface area contributed by atoms with E-state index in [1.165, 1.54) is 0 Å². The quantitative estimate of drug-likeness (QED) is 0.904. The molecule has 1 heterocycles. The van der Waals surface area contributed by atoms with Crippen LogP contribution in [0.15, 0.2) is 18.2 Å². The Hall–Kier alpha value is -0.440. The molecule has 1 saturated heterocycles. The summed E-state index contributed by atoms with van der Waals surface area (Å²) in [6, 6.07) is 5.53. The van der Waals surface area contributed by atoms with Gasteiger partial charge in [-0.15, -0.1) is 0 Å². The van der Waals surface area contributed by atoms with Gasteiger partial charge in [-0.25, -0.2) is 0 Å². The van der Waals surface area contributed by atoms with E-state index in [-0.39, 0.29) is 6.10 Å². The van der Waals surface area contributed by atoms with E-state index in [1.807, 2.05) is 12.1 Å². The molecular weight excluding hydrogens is 269 g/mol. The van der Waals surface area contributed by atoms with Gasteiger partial charge in [-0.05, 0) is 31.0 Å². The lowest BCUT2D eigenvalue weighted by atomic mass is 9.92. The van der Waals surface area contributed by atoms with Crippen molar-refractivity contribution in [3.63, 3.8) is 0 Å². The summed E-state index contributed by atoms with van der Waals surface area (Å²) in [5.74, 6) is 1.68. The van der Waals surface area contributed by atoms with Crippen molar-refractivity contribution in [3.05, 3.63) is 28.2 Å². The second-order valence-corrected chi connectivity index (χ2v) is 5.92. The lowest BCUT2D eigenvalue weighted by Crippen LogP contribution is -2.33. The van der Waals surface area contributed by atoms with Gasteiger partial charge in [0.15, 0.2) is 0 Å². The van der Waals surface area contributed by atoms with Crippen LogP contribution in [0.3, 0.4) is 0 Å². The summed E-state index contributed by atoms with van der Waals surface area (Å²) in [7, 11) is 0. The third-order valence-corrected chi connectivity index (χ3v) is 4.20. The van der Waals surface area contributed by atoms with Crippen LogP contribution in [0.25, 0.3) is 0 Å². The Morgan fingerprint density at radius 1 is 1.33 bits per heavy atom. The lowest BCUT2D eigenvalue weighted by molar-refractivity contribution is 0.0975. The van der Waals surface area contributed by atoms with Gasteiger partial charge in [-0.3, -0.25) is 0 Å². The summed E-state index contributed by atoms with van der Waals surface area (Å²) in [6.07, 6.45) is 1.33. The smallest absolute Gasteiger partial charge is 0.139 e. The fraction of sp³-hybridized carbons (Fsp3) is 0.571. The van der Waals surface area contributed by atoms with Crippen LogP contribution >= 0.6 is 23.2 Å². The number of rotatable bonds is 4. The Bertz CT molecular complexity index is 403. The molecule has 0 bridgehead atoms. The van der Waals surface area contributed by atoms with Crippen molar-refractivity contribution in [1.29, 1.82) is 0 Å². The highest BCUT2D eigenvalue weighted by Gasteiger charge is 2.29. The van der Waals surface area contributed by atoms with E-state index in [0.717, 1.165) is 19.5 Å². The Balaban J connectivity index is 2.15. The molecule has 1 aliphatic heterocycles. The molecule has 4 heteroatoms. The second kappa shape index (κ2) is 6.14. The number of hydrogen-bond acceptors (Lipinski definition) is 2. The van der Waals surface area contributed by atoms with E-state index in [4.69, 9.17) is 27.9 Å². The summed E-state index contributed by atoms with van der Waals surface area (Å²) in [6.45, 7) is 6.45. The van der Waals surface area contributed by atoms with Crippen molar-refractivity contribution in [3.8, 4) is 5.75 Å². The molecule has 0 saturated carbocycles. The molecule has 0 amide bonds. The van der Waals surface area contributed by atoms with Gasteiger partial charge in [0.2, 0.25) is 0 Å². The minimum absolute atomic E-state index is 0.177. The number of benzene rings is 1. The Kier molecular flexibility index (Phi) is 4.77. The molecule has 18 heavy (non-hydrogen) atoms. The zero-order valence-corrected chi connectivity index (χ0v) is 12.3. The van der Waals surface area contributed by atoms with Crippen molar-refractivity contribution in [1.82, 2.24) is 5.32 Å². The van der Waals surface area contributed by atoms with E-state index in [2.05, 4.69) is 19.2 Å². The van der Waals surface area contributed by atoms with Gasteiger partial charge in [0.25, 0.3) is 0 Å². The molecule has 1 aliphatic rings.